The van der Waals surface area contributed by atoms with Crippen molar-refractivity contribution in [3.63, 3.8) is 0 Å². The lowest BCUT2D eigenvalue weighted by Gasteiger charge is -2.30. The van der Waals surface area contributed by atoms with Crippen LogP contribution >= 0.6 is 0 Å². The third-order valence-corrected chi connectivity index (χ3v) is 2.24. The molecule has 1 saturated heterocycles. The lowest BCUT2D eigenvalue weighted by atomic mass is 10.1. The Balaban J connectivity index is 2.28. The van der Waals surface area contributed by atoms with Gasteiger partial charge in [-0.1, -0.05) is 0 Å². The number of likely N-dealkylation sites (tertiary alicyclic amines) is 1. The highest BCUT2D eigenvalue weighted by molar-refractivity contribution is 5.77. The van der Waals surface area contributed by atoms with Crippen molar-refractivity contribution in [1.29, 1.82) is 0 Å². The van der Waals surface area contributed by atoms with Gasteiger partial charge in [0.2, 0.25) is 5.91 Å². The summed E-state index contributed by atoms with van der Waals surface area (Å²) in [6.45, 7) is 4.19. The van der Waals surface area contributed by atoms with Gasteiger partial charge in [-0.15, -0.1) is 0 Å². The van der Waals surface area contributed by atoms with Crippen LogP contribution in [0.25, 0.3) is 0 Å². The first-order chi connectivity index (χ1) is 6.24. The largest absolute Gasteiger partial charge is 0.372 e. The first-order valence-corrected chi connectivity index (χ1v) is 4.85. The van der Waals surface area contributed by atoms with E-state index in [1.165, 1.54) is 0 Å². The Kier molecular flexibility index (Phi) is 4.18. The number of ether oxygens (including phenoxy) is 1. The van der Waals surface area contributed by atoms with E-state index in [0.717, 1.165) is 19.4 Å². The standard InChI is InChI=1S/C9H18N2O2/c1-2-13-7-9(12)11-5-3-4-8(10)6-11/h8H,2-7,10H2,1H3. The fourth-order valence-corrected chi connectivity index (χ4v) is 1.52. The quantitative estimate of drug-likeness (QED) is 0.673. The van der Waals surface area contributed by atoms with Gasteiger partial charge in [-0.05, 0) is 19.8 Å². The molecule has 0 aromatic rings. The number of hydrogen-bond donors (Lipinski definition) is 1. The predicted octanol–water partition coefficient (Wildman–Crippen LogP) is -0.0274. The van der Waals surface area contributed by atoms with Gasteiger partial charge < -0.3 is 15.4 Å². The van der Waals surface area contributed by atoms with Gasteiger partial charge in [0.05, 0.1) is 0 Å². The molecule has 13 heavy (non-hydrogen) atoms. The van der Waals surface area contributed by atoms with Gasteiger partial charge >= 0.3 is 0 Å². The maximum absolute atomic E-state index is 11.4. The molecule has 0 aliphatic carbocycles. The van der Waals surface area contributed by atoms with Gasteiger partial charge in [0.25, 0.3) is 0 Å². The summed E-state index contributed by atoms with van der Waals surface area (Å²) in [7, 11) is 0. The minimum absolute atomic E-state index is 0.0667. The molecule has 0 saturated carbocycles. The van der Waals surface area contributed by atoms with Gasteiger partial charge in [-0.3, -0.25) is 4.79 Å². The van der Waals surface area contributed by atoms with Crippen molar-refractivity contribution in [3.8, 4) is 0 Å². The average molecular weight is 186 g/mol. The molecule has 76 valence electrons. The molecule has 4 heteroatoms. The zero-order valence-electron chi connectivity index (χ0n) is 8.16. The normalized spacial score (nSPS) is 23.2. The molecular weight excluding hydrogens is 168 g/mol. The lowest BCUT2D eigenvalue weighted by Crippen LogP contribution is -2.46. The number of piperidine rings is 1. The van der Waals surface area contributed by atoms with E-state index in [9.17, 15) is 4.79 Å². The van der Waals surface area contributed by atoms with Crippen LogP contribution in [0.3, 0.4) is 0 Å². The molecule has 1 aliphatic heterocycles. The summed E-state index contributed by atoms with van der Waals surface area (Å²) in [5, 5.41) is 0. The minimum atomic E-state index is 0.0667. The van der Waals surface area contributed by atoms with E-state index >= 15 is 0 Å². The molecule has 2 N–H and O–H groups in total. The van der Waals surface area contributed by atoms with Crippen LogP contribution in [0.5, 0.6) is 0 Å². The fraction of sp³-hybridized carbons (Fsp3) is 0.889. The molecule has 0 spiro atoms. The Hall–Kier alpha value is -0.610. The molecule has 1 atom stereocenters. The molecule has 1 heterocycles. The molecule has 1 fully saturated rings. The SMILES string of the molecule is CCOCC(=O)N1CCCC(N)C1. The van der Waals surface area contributed by atoms with Gasteiger partial charge in [0, 0.05) is 25.7 Å². The molecule has 0 aromatic heterocycles. The van der Waals surface area contributed by atoms with Crippen molar-refractivity contribution in [2.75, 3.05) is 26.3 Å². The summed E-state index contributed by atoms with van der Waals surface area (Å²) in [6.07, 6.45) is 2.04. The number of amides is 1. The van der Waals surface area contributed by atoms with Gasteiger partial charge in [0.15, 0.2) is 0 Å². The van der Waals surface area contributed by atoms with Crippen LogP contribution in [0.2, 0.25) is 0 Å². The fourth-order valence-electron chi connectivity index (χ4n) is 1.52. The topological polar surface area (TPSA) is 55.6 Å². The second kappa shape index (κ2) is 5.19. The third-order valence-electron chi connectivity index (χ3n) is 2.24. The molecule has 1 aliphatic rings. The van der Waals surface area contributed by atoms with Crippen LogP contribution in [-0.2, 0) is 9.53 Å². The highest BCUT2D eigenvalue weighted by atomic mass is 16.5. The third kappa shape index (κ3) is 3.32. The van der Waals surface area contributed by atoms with Crippen LogP contribution in [0, 0.1) is 0 Å². The monoisotopic (exact) mass is 186 g/mol. The second-order valence-corrected chi connectivity index (χ2v) is 3.38. The Morgan fingerprint density at radius 2 is 2.46 bits per heavy atom. The molecule has 0 aromatic carbocycles. The van der Waals surface area contributed by atoms with E-state index in [1.54, 1.807) is 4.90 Å². The molecular formula is C9H18N2O2. The first-order valence-electron chi connectivity index (χ1n) is 4.85. The van der Waals surface area contributed by atoms with Crippen molar-refractivity contribution in [2.24, 2.45) is 5.73 Å². The minimum Gasteiger partial charge on any atom is -0.372 e. The van der Waals surface area contributed by atoms with Gasteiger partial charge in [-0.25, -0.2) is 0 Å². The zero-order chi connectivity index (χ0) is 9.68. The van der Waals surface area contributed by atoms with E-state index in [0.29, 0.717) is 13.2 Å². The van der Waals surface area contributed by atoms with Crippen LogP contribution in [0.4, 0.5) is 0 Å². The lowest BCUT2D eigenvalue weighted by molar-refractivity contribution is -0.137. The number of hydrogen-bond acceptors (Lipinski definition) is 3. The highest BCUT2D eigenvalue weighted by Gasteiger charge is 2.20. The Labute approximate surface area is 79.0 Å². The molecule has 1 rings (SSSR count). The summed E-state index contributed by atoms with van der Waals surface area (Å²) in [6, 6.07) is 0.152. The van der Waals surface area contributed by atoms with E-state index < -0.39 is 0 Å². The van der Waals surface area contributed by atoms with Gasteiger partial charge in [-0.2, -0.15) is 0 Å². The van der Waals surface area contributed by atoms with Crippen LogP contribution in [0.1, 0.15) is 19.8 Å². The van der Waals surface area contributed by atoms with Crippen molar-refractivity contribution in [1.82, 2.24) is 4.90 Å². The molecule has 0 bridgehead atoms. The van der Waals surface area contributed by atoms with Crippen molar-refractivity contribution < 1.29 is 9.53 Å². The van der Waals surface area contributed by atoms with Crippen molar-refractivity contribution in [2.45, 2.75) is 25.8 Å². The Bertz CT molecular complexity index is 173. The maximum Gasteiger partial charge on any atom is 0.248 e. The predicted molar refractivity (Wildman–Crippen MR) is 50.3 cm³/mol. The molecule has 4 nitrogen and oxygen atoms in total. The summed E-state index contributed by atoms with van der Waals surface area (Å²) in [5.74, 6) is 0.0667. The number of carbonyl (C=O) groups excluding carboxylic acids is 1. The van der Waals surface area contributed by atoms with Gasteiger partial charge in [0.1, 0.15) is 6.61 Å². The number of nitrogens with two attached hydrogens (primary N) is 1. The van der Waals surface area contributed by atoms with Crippen LogP contribution < -0.4 is 5.73 Å². The number of rotatable bonds is 3. The summed E-state index contributed by atoms with van der Waals surface area (Å²) >= 11 is 0. The van der Waals surface area contributed by atoms with E-state index in [2.05, 4.69) is 0 Å². The number of carbonyl (C=O) groups is 1. The van der Waals surface area contributed by atoms with Crippen molar-refractivity contribution >= 4 is 5.91 Å². The zero-order valence-corrected chi connectivity index (χ0v) is 8.16. The highest BCUT2D eigenvalue weighted by Crippen LogP contribution is 2.08. The summed E-state index contributed by atoms with van der Waals surface area (Å²) < 4.78 is 5.05. The van der Waals surface area contributed by atoms with Crippen LogP contribution in [0.15, 0.2) is 0 Å². The smallest absolute Gasteiger partial charge is 0.248 e. The molecule has 1 unspecified atom stereocenters. The maximum atomic E-state index is 11.4. The summed E-state index contributed by atoms with van der Waals surface area (Å²) in [5.41, 5.74) is 5.76. The van der Waals surface area contributed by atoms with E-state index in [-0.39, 0.29) is 18.6 Å². The van der Waals surface area contributed by atoms with Crippen molar-refractivity contribution in [3.05, 3.63) is 0 Å². The Morgan fingerprint density at radius 1 is 1.69 bits per heavy atom. The number of nitrogens with zero attached hydrogens (tertiary/aromatic N) is 1. The van der Waals surface area contributed by atoms with E-state index in [1.807, 2.05) is 6.92 Å². The first kappa shape index (κ1) is 10.5. The molecule has 0 radical (unpaired) electrons. The Morgan fingerprint density at radius 3 is 3.08 bits per heavy atom. The van der Waals surface area contributed by atoms with Crippen LogP contribution in [-0.4, -0.2) is 43.2 Å². The second-order valence-electron chi connectivity index (χ2n) is 3.38. The molecule has 1 amide bonds. The summed E-state index contributed by atoms with van der Waals surface area (Å²) in [4.78, 5) is 13.2. The average Bonchev–Trinajstić information content (AvgIpc) is 2.14. The van der Waals surface area contributed by atoms with E-state index in [4.69, 9.17) is 10.5 Å².